The summed E-state index contributed by atoms with van der Waals surface area (Å²) in [6.45, 7) is 0.489. The molecule has 1 aromatic carbocycles. The number of nitrogens with one attached hydrogen (secondary N) is 1. The van der Waals surface area contributed by atoms with E-state index in [1.807, 2.05) is 0 Å². The van der Waals surface area contributed by atoms with Crippen molar-refractivity contribution in [3.8, 4) is 5.75 Å². The van der Waals surface area contributed by atoms with Gasteiger partial charge in [-0.2, -0.15) is 0 Å². The maximum atomic E-state index is 12.2. The highest BCUT2D eigenvalue weighted by Gasteiger charge is 2.23. The molecule has 0 spiro atoms. The second-order valence-electron chi connectivity index (χ2n) is 4.43. The lowest BCUT2D eigenvalue weighted by Gasteiger charge is -2.10. The second kappa shape index (κ2) is 5.59. The van der Waals surface area contributed by atoms with Gasteiger partial charge in [0.1, 0.15) is 10.6 Å². The van der Waals surface area contributed by atoms with Gasteiger partial charge in [0, 0.05) is 11.0 Å². The third kappa shape index (κ3) is 3.46. The predicted molar refractivity (Wildman–Crippen MR) is 73.2 cm³/mol. The zero-order valence-electron chi connectivity index (χ0n) is 10.1. The average molecular weight is 334 g/mol. The van der Waals surface area contributed by atoms with Crippen LogP contribution in [-0.2, 0) is 10.0 Å². The highest BCUT2D eigenvalue weighted by molar-refractivity contribution is 9.10. The van der Waals surface area contributed by atoms with Gasteiger partial charge < -0.3 is 4.74 Å². The Morgan fingerprint density at radius 2 is 2.17 bits per heavy atom. The molecule has 4 nitrogen and oxygen atoms in total. The Bertz CT molecular complexity index is 526. The van der Waals surface area contributed by atoms with Crippen LogP contribution in [0.15, 0.2) is 27.6 Å². The lowest BCUT2D eigenvalue weighted by molar-refractivity contribution is 0.402. The Labute approximate surface area is 116 Å². The van der Waals surface area contributed by atoms with Gasteiger partial charge in [-0.1, -0.05) is 28.8 Å². The first kappa shape index (κ1) is 13.8. The lowest BCUT2D eigenvalue weighted by atomic mass is 10.3. The summed E-state index contributed by atoms with van der Waals surface area (Å²) in [5.41, 5.74) is 0. The molecule has 1 aliphatic carbocycles. The number of hydrogen-bond acceptors (Lipinski definition) is 3. The van der Waals surface area contributed by atoms with E-state index in [0.29, 0.717) is 22.7 Å². The van der Waals surface area contributed by atoms with E-state index in [4.69, 9.17) is 4.74 Å². The number of rotatable bonds is 6. The molecule has 6 heteroatoms. The van der Waals surface area contributed by atoms with Crippen LogP contribution in [0.4, 0.5) is 0 Å². The van der Waals surface area contributed by atoms with E-state index < -0.39 is 10.0 Å². The first-order valence-electron chi connectivity index (χ1n) is 5.86. The molecule has 1 aromatic rings. The molecule has 0 unspecified atom stereocenters. The first-order valence-corrected chi connectivity index (χ1v) is 8.14. The maximum absolute atomic E-state index is 12.2. The highest BCUT2D eigenvalue weighted by atomic mass is 79.9. The first-order chi connectivity index (χ1) is 8.53. The van der Waals surface area contributed by atoms with Crippen molar-refractivity contribution in [3.05, 3.63) is 22.7 Å². The van der Waals surface area contributed by atoms with Crippen LogP contribution in [0.2, 0.25) is 0 Å². The average Bonchev–Trinajstić information content (AvgIpc) is 3.13. The molecule has 0 aromatic heterocycles. The minimum Gasteiger partial charge on any atom is -0.495 e. The van der Waals surface area contributed by atoms with Crippen LogP contribution in [0.25, 0.3) is 0 Å². The minimum atomic E-state index is -3.50. The molecule has 0 radical (unpaired) electrons. The number of sulfonamides is 1. The topological polar surface area (TPSA) is 55.4 Å². The van der Waals surface area contributed by atoms with Gasteiger partial charge in [0.2, 0.25) is 10.0 Å². The Morgan fingerprint density at radius 1 is 1.44 bits per heavy atom. The van der Waals surface area contributed by atoms with E-state index in [-0.39, 0.29) is 4.90 Å². The summed E-state index contributed by atoms with van der Waals surface area (Å²) < 4.78 is 32.7. The van der Waals surface area contributed by atoms with E-state index >= 15 is 0 Å². The number of ether oxygens (including phenoxy) is 1. The summed E-state index contributed by atoms with van der Waals surface area (Å²) in [7, 11) is -2.03. The van der Waals surface area contributed by atoms with Crippen LogP contribution in [-0.4, -0.2) is 22.1 Å². The molecule has 1 N–H and O–H groups in total. The quantitative estimate of drug-likeness (QED) is 0.870. The molecule has 2 rings (SSSR count). The molecule has 1 fully saturated rings. The molecule has 0 bridgehead atoms. The van der Waals surface area contributed by atoms with Gasteiger partial charge in [0.05, 0.1) is 7.11 Å². The Balaban J connectivity index is 2.13. The highest BCUT2D eigenvalue weighted by Crippen LogP contribution is 2.32. The zero-order chi connectivity index (χ0) is 13.2. The molecular formula is C12H16BrNO3S. The Kier molecular flexibility index (Phi) is 4.29. The van der Waals surface area contributed by atoms with Crippen molar-refractivity contribution in [3.63, 3.8) is 0 Å². The molecule has 1 saturated carbocycles. The van der Waals surface area contributed by atoms with Crippen molar-refractivity contribution in [1.82, 2.24) is 4.72 Å². The zero-order valence-corrected chi connectivity index (χ0v) is 12.6. The molecular weight excluding hydrogens is 318 g/mol. The SMILES string of the molecule is COc1ccc(Br)cc1S(=O)(=O)NCCC1CC1. The van der Waals surface area contributed by atoms with Gasteiger partial charge in [-0.25, -0.2) is 13.1 Å². The van der Waals surface area contributed by atoms with Crippen LogP contribution in [0.5, 0.6) is 5.75 Å². The van der Waals surface area contributed by atoms with E-state index in [2.05, 4.69) is 20.7 Å². The van der Waals surface area contributed by atoms with E-state index in [9.17, 15) is 8.42 Å². The summed E-state index contributed by atoms with van der Waals surface area (Å²) in [5.74, 6) is 1.06. The molecule has 0 saturated heterocycles. The Hall–Kier alpha value is -0.590. The van der Waals surface area contributed by atoms with Gasteiger partial charge in [-0.05, 0) is 30.5 Å². The third-order valence-corrected chi connectivity index (χ3v) is 4.93. The monoisotopic (exact) mass is 333 g/mol. The molecule has 0 heterocycles. The molecule has 0 atom stereocenters. The van der Waals surface area contributed by atoms with Gasteiger partial charge in [-0.3, -0.25) is 0 Å². The van der Waals surface area contributed by atoms with Crippen molar-refractivity contribution in [2.75, 3.05) is 13.7 Å². The smallest absolute Gasteiger partial charge is 0.244 e. The van der Waals surface area contributed by atoms with Crippen LogP contribution in [0.3, 0.4) is 0 Å². The van der Waals surface area contributed by atoms with Crippen molar-refractivity contribution in [2.24, 2.45) is 5.92 Å². The van der Waals surface area contributed by atoms with E-state index in [0.717, 1.165) is 6.42 Å². The fourth-order valence-corrected chi connectivity index (χ4v) is 3.50. The summed E-state index contributed by atoms with van der Waals surface area (Å²) in [6.07, 6.45) is 3.36. The minimum absolute atomic E-state index is 0.176. The van der Waals surface area contributed by atoms with E-state index in [1.54, 1.807) is 18.2 Å². The molecule has 0 aliphatic heterocycles. The van der Waals surface area contributed by atoms with Crippen molar-refractivity contribution < 1.29 is 13.2 Å². The predicted octanol–water partition coefficient (Wildman–Crippen LogP) is 2.54. The molecule has 0 amide bonds. The summed E-state index contributed by atoms with van der Waals surface area (Å²) in [4.78, 5) is 0.176. The fourth-order valence-electron chi connectivity index (χ4n) is 1.74. The van der Waals surface area contributed by atoms with Gasteiger partial charge in [0.25, 0.3) is 0 Å². The molecule has 18 heavy (non-hydrogen) atoms. The number of benzene rings is 1. The normalized spacial score (nSPS) is 15.7. The second-order valence-corrected chi connectivity index (χ2v) is 7.08. The van der Waals surface area contributed by atoms with E-state index in [1.165, 1.54) is 20.0 Å². The molecule has 100 valence electrons. The van der Waals surface area contributed by atoms with Gasteiger partial charge >= 0.3 is 0 Å². The maximum Gasteiger partial charge on any atom is 0.244 e. The van der Waals surface area contributed by atoms with Crippen LogP contribution in [0, 0.1) is 5.92 Å². The summed E-state index contributed by atoms with van der Waals surface area (Å²) in [6, 6.07) is 4.94. The van der Waals surface area contributed by atoms with Crippen LogP contribution >= 0.6 is 15.9 Å². The standard InChI is InChI=1S/C12H16BrNO3S/c1-17-11-5-4-10(13)8-12(11)18(15,16)14-7-6-9-2-3-9/h4-5,8-9,14H,2-3,6-7H2,1H3. The lowest BCUT2D eigenvalue weighted by Crippen LogP contribution is -2.25. The largest absolute Gasteiger partial charge is 0.495 e. The summed E-state index contributed by atoms with van der Waals surface area (Å²) >= 11 is 3.27. The Morgan fingerprint density at radius 3 is 2.78 bits per heavy atom. The van der Waals surface area contributed by atoms with Crippen LogP contribution < -0.4 is 9.46 Å². The fraction of sp³-hybridized carbons (Fsp3) is 0.500. The van der Waals surface area contributed by atoms with Crippen molar-refractivity contribution in [2.45, 2.75) is 24.2 Å². The molecule has 1 aliphatic rings. The number of hydrogen-bond donors (Lipinski definition) is 1. The third-order valence-electron chi connectivity index (χ3n) is 2.96. The van der Waals surface area contributed by atoms with Gasteiger partial charge in [-0.15, -0.1) is 0 Å². The van der Waals surface area contributed by atoms with Crippen molar-refractivity contribution in [1.29, 1.82) is 0 Å². The van der Waals surface area contributed by atoms with Gasteiger partial charge in [0.15, 0.2) is 0 Å². The number of halogens is 1. The number of methoxy groups -OCH3 is 1. The van der Waals surface area contributed by atoms with Crippen LogP contribution in [0.1, 0.15) is 19.3 Å². The van der Waals surface area contributed by atoms with Crippen molar-refractivity contribution >= 4 is 26.0 Å². The summed E-state index contributed by atoms with van der Waals surface area (Å²) in [5, 5.41) is 0.